The van der Waals surface area contributed by atoms with Crippen LogP contribution >= 0.6 is 11.6 Å². The molecule has 0 aliphatic heterocycles. The summed E-state index contributed by atoms with van der Waals surface area (Å²) in [4.78, 5) is 4.32. The summed E-state index contributed by atoms with van der Waals surface area (Å²) in [5, 5.41) is 3.72. The van der Waals surface area contributed by atoms with Crippen LogP contribution in [0.25, 0.3) is 0 Å². The summed E-state index contributed by atoms with van der Waals surface area (Å²) in [7, 11) is -3.15. The molecule has 1 N–H and O–H groups in total. The molecule has 0 aliphatic carbocycles. The lowest BCUT2D eigenvalue weighted by molar-refractivity contribution is 0.602. The van der Waals surface area contributed by atoms with Crippen molar-refractivity contribution in [2.45, 2.75) is 17.9 Å². The van der Waals surface area contributed by atoms with Crippen LogP contribution in [-0.2, 0) is 9.84 Å². The lowest BCUT2D eigenvalue weighted by atomic mass is 10.1. The zero-order valence-corrected chi connectivity index (χ0v) is 12.7. The SMILES string of the molecule is CC(Nc1ccc(Cl)nc1)c1ccc(S(C)(=O)=O)cc1. The van der Waals surface area contributed by atoms with E-state index in [2.05, 4.69) is 10.3 Å². The molecule has 1 unspecified atom stereocenters. The van der Waals surface area contributed by atoms with Crippen molar-refractivity contribution >= 4 is 27.1 Å². The highest BCUT2D eigenvalue weighted by atomic mass is 35.5. The van der Waals surface area contributed by atoms with Gasteiger partial charge in [-0.25, -0.2) is 13.4 Å². The zero-order chi connectivity index (χ0) is 14.8. The molecule has 0 bridgehead atoms. The van der Waals surface area contributed by atoms with Gasteiger partial charge >= 0.3 is 0 Å². The van der Waals surface area contributed by atoms with Gasteiger partial charge in [-0.2, -0.15) is 0 Å². The van der Waals surface area contributed by atoms with Crippen molar-refractivity contribution in [1.29, 1.82) is 0 Å². The summed E-state index contributed by atoms with van der Waals surface area (Å²) in [6, 6.07) is 10.4. The first kappa shape index (κ1) is 14.8. The van der Waals surface area contributed by atoms with Gasteiger partial charge in [-0.1, -0.05) is 23.7 Å². The minimum Gasteiger partial charge on any atom is -0.377 e. The van der Waals surface area contributed by atoms with Crippen molar-refractivity contribution < 1.29 is 8.42 Å². The number of rotatable bonds is 4. The van der Waals surface area contributed by atoms with Crippen LogP contribution in [0.15, 0.2) is 47.5 Å². The minimum absolute atomic E-state index is 0.0339. The normalized spacial score (nSPS) is 12.9. The molecule has 2 aromatic rings. The van der Waals surface area contributed by atoms with Crippen LogP contribution in [0.3, 0.4) is 0 Å². The Kier molecular flexibility index (Phi) is 4.30. The Hall–Kier alpha value is -1.59. The monoisotopic (exact) mass is 310 g/mol. The Morgan fingerprint density at radius 1 is 1.15 bits per heavy atom. The lowest BCUT2D eigenvalue weighted by Crippen LogP contribution is -2.07. The lowest BCUT2D eigenvalue weighted by Gasteiger charge is -2.15. The third-order valence-corrected chi connectivity index (χ3v) is 4.27. The first-order valence-corrected chi connectivity index (χ1v) is 8.31. The molecule has 0 saturated carbocycles. The molecule has 1 aromatic carbocycles. The van der Waals surface area contributed by atoms with Gasteiger partial charge in [0.15, 0.2) is 9.84 Å². The molecular weight excluding hydrogens is 296 g/mol. The van der Waals surface area contributed by atoms with Crippen molar-refractivity contribution in [3.05, 3.63) is 53.3 Å². The summed E-state index contributed by atoms with van der Waals surface area (Å²) in [6.45, 7) is 1.99. The van der Waals surface area contributed by atoms with Crippen LogP contribution in [0.1, 0.15) is 18.5 Å². The fourth-order valence-corrected chi connectivity index (χ4v) is 2.54. The van der Waals surface area contributed by atoms with E-state index in [1.54, 1.807) is 36.5 Å². The Balaban J connectivity index is 2.13. The number of hydrogen-bond donors (Lipinski definition) is 1. The number of pyridine rings is 1. The quantitative estimate of drug-likeness (QED) is 0.880. The third-order valence-electron chi connectivity index (χ3n) is 2.92. The fraction of sp³-hybridized carbons (Fsp3) is 0.214. The van der Waals surface area contributed by atoms with Gasteiger partial charge in [-0.3, -0.25) is 0 Å². The van der Waals surface area contributed by atoms with Gasteiger partial charge in [0.1, 0.15) is 5.15 Å². The number of nitrogens with one attached hydrogen (secondary N) is 1. The molecule has 0 aliphatic rings. The highest BCUT2D eigenvalue weighted by molar-refractivity contribution is 7.90. The smallest absolute Gasteiger partial charge is 0.175 e. The molecule has 0 saturated heterocycles. The Morgan fingerprint density at radius 3 is 2.30 bits per heavy atom. The van der Waals surface area contributed by atoms with Crippen LogP contribution in [0.5, 0.6) is 0 Å². The van der Waals surface area contributed by atoms with Crippen LogP contribution in [-0.4, -0.2) is 19.7 Å². The number of nitrogens with zero attached hydrogens (tertiary/aromatic N) is 1. The van der Waals surface area contributed by atoms with E-state index in [4.69, 9.17) is 11.6 Å². The van der Waals surface area contributed by atoms with Gasteiger partial charge in [-0.15, -0.1) is 0 Å². The largest absolute Gasteiger partial charge is 0.377 e. The maximum absolute atomic E-state index is 11.4. The van der Waals surface area contributed by atoms with Gasteiger partial charge < -0.3 is 5.32 Å². The molecule has 4 nitrogen and oxygen atoms in total. The summed E-state index contributed by atoms with van der Waals surface area (Å²) in [6.07, 6.45) is 2.85. The standard InChI is InChI=1S/C14H15ClN2O2S/c1-10(17-12-5-8-14(15)16-9-12)11-3-6-13(7-4-11)20(2,18)19/h3-10,17H,1-2H3. The predicted octanol–water partition coefficient (Wildman–Crippen LogP) is 3.31. The fourth-order valence-electron chi connectivity index (χ4n) is 1.80. The second-order valence-corrected chi connectivity index (χ2v) is 6.98. The average Bonchev–Trinajstić information content (AvgIpc) is 2.40. The average molecular weight is 311 g/mol. The summed E-state index contributed by atoms with van der Waals surface area (Å²) >= 11 is 5.73. The van der Waals surface area contributed by atoms with Gasteiger partial charge in [0.05, 0.1) is 16.8 Å². The van der Waals surface area contributed by atoms with Crippen molar-refractivity contribution in [3.8, 4) is 0 Å². The van der Waals surface area contributed by atoms with Crippen LogP contribution in [0.2, 0.25) is 5.15 Å². The summed E-state index contributed by atoms with van der Waals surface area (Å²) < 4.78 is 22.8. The summed E-state index contributed by atoms with van der Waals surface area (Å²) in [5.74, 6) is 0. The Morgan fingerprint density at radius 2 is 1.80 bits per heavy atom. The van der Waals surface area contributed by atoms with Gasteiger partial charge in [0, 0.05) is 12.3 Å². The van der Waals surface area contributed by atoms with Gasteiger partial charge in [0.25, 0.3) is 0 Å². The highest BCUT2D eigenvalue weighted by Gasteiger charge is 2.09. The molecule has 1 heterocycles. The van der Waals surface area contributed by atoms with E-state index < -0.39 is 9.84 Å². The third kappa shape index (κ3) is 3.71. The molecule has 0 amide bonds. The number of sulfone groups is 1. The van der Waals surface area contributed by atoms with Crippen molar-refractivity contribution in [3.63, 3.8) is 0 Å². The minimum atomic E-state index is -3.15. The Bertz CT molecular complexity index is 682. The molecule has 106 valence electrons. The molecule has 20 heavy (non-hydrogen) atoms. The van der Waals surface area contributed by atoms with E-state index in [1.165, 1.54) is 6.26 Å². The van der Waals surface area contributed by atoms with Gasteiger partial charge in [0.2, 0.25) is 0 Å². The second-order valence-electron chi connectivity index (χ2n) is 4.58. The van der Waals surface area contributed by atoms with Gasteiger partial charge in [-0.05, 0) is 36.8 Å². The van der Waals surface area contributed by atoms with Crippen LogP contribution in [0, 0.1) is 0 Å². The molecule has 0 spiro atoms. The van der Waals surface area contributed by atoms with E-state index in [-0.39, 0.29) is 6.04 Å². The molecule has 6 heteroatoms. The van der Waals surface area contributed by atoms with Crippen LogP contribution < -0.4 is 5.32 Å². The molecular formula is C14H15ClN2O2S. The molecule has 0 radical (unpaired) electrons. The van der Waals surface area contributed by atoms with E-state index >= 15 is 0 Å². The Labute approximate surface area is 123 Å². The van der Waals surface area contributed by atoms with Crippen molar-refractivity contribution in [1.82, 2.24) is 4.98 Å². The number of hydrogen-bond acceptors (Lipinski definition) is 4. The second kappa shape index (κ2) is 5.81. The predicted molar refractivity (Wildman–Crippen MR) is 80.8 cm³/mol. The van der Waals surface area contributed by atoms with Crippen molar-refractivity contribution in [2.24, 2.45) is 0 Å². The van der Waals surface area contributed by atoms with Crippen LogP contribution in [0.4, 0.5) is 5.69 Å². The molecule has 1 atom stereocenters. The van der Waals surface area contributed by atoms with E-state index in [1.807, 2.05) is 13.0 Å². The maximum Gasteiger partial charge on any atom is 0.175 e. The first-order chi connectivity index (χ1) is 9.36. The van der Waals surface area contributed by atoms with E-state index in [0.29, 0.717) is 10.0 Å². The molecule has 1 aromatic heterocycles. The van der Waals surface area contributed by atoms with E-state index in [0.717, 1.165) is 11.3 Å². The topological polar surface area (TPSA) is 59.1 Å². The number of anilines is 1. The molecule has 0 fully saturated rings. The highest BCUT2D eigenvalue weighted by Crippen LogP contribution is 2.21. The van der Waals surface area contributed by atoms with E-state index in [9.17, 15) is 8.42 Å². The molecule has 2 rings (SSSR count). The number of benzene rings is 1. The summed E-state index contributed by atoms with van der Waals surface area (Å²) in [5.41, 5.74) is 1.85. The maximum atomic E-state index is 11.4. The first-order valence-electron chi connectivity index (χ1n) is 6.04. The number of halogens is 1. The number of aromatic nitrogens is 1. The zero-order valence-electron chi connectivity index (χ0n) is 11.2. The van der Waals surface area contributed by atoms with Crippen molar-refractivity contribution in [2.75, 3.05) is 11.6 Å².